The van der Waals surface area contributed by atoms with Gasteiger partial charge in [0.05, 0.1) is 12.5 Å². The molecular weight excluding hydrogens is 360 g/mol. The second-order valence-electron chi connectivity index (χ2n) is 6.72. The Morgan fingerprint density at radius 3 is 2.75 bits per heavy atom. The molecule has 0 radical (unpaired) electrons. The Hall–Kier alpha value is -3.42. The van der Waals surface area contributed by atoms with Crippen molar-refractivity contribution in [3.05, 3.63) is 70.3 Å². The van der Waals surface area contributed by atoms with Gasteiger partial charge < -0.3 is 10.4 Å². The minimum atomic E-state index is -0.960. The van der Waals surface area contributed by atoms with Gasteiger partial charge in [0.1, 0.15) is 0 Å². The van der Waals surface area contributed by atoms with Crippen molar-refractivity contribution in [2.45, 2.75) is 26.3 Å². The smallest absolute Gasteiger partial charge is 0.350 e. The number of hydrogen-bond acceptors (Lipinski definition) is 4. The lowest BCUT2D eigenvalue weighted by molar-refractivity contribution is -0.141. The molecule has 0 aliphatic heterocycles. The summed E-state index contributed by atoms with van der Waals surface area (Å²) in [5, 5.41) is 16.2. The molecule has 1 aromatic carbocycles. The number of carboxylic acids is 1. The molecular formula is C20H22N4O4. The third-order valence-corrected chi connectivity index (χ3v) is 4.50. The van der Waals surface area contributed by atoms with Gasteiger partial charge >= 0.3 is 11.7 Å². The van der Waals surface area contributed by atoms with Crippen LogP contribution in [0.5, 0.6) is 0 Å². The summed E-state index contributed by atoms with van der Waals surface area (Å²) in [4.78, 5) is 35.8. The van der Waals surface area contributed by atoms with Gasteiger partial charge in [-0.25, -0.2) is 9.48 Å². The van der Waals surface area contributed by atoms with E-state index in [1.165, 1.54) is 9.08 Å². The van der Waals surface area contributed by atoms with Crippen LogP contribution in [0.3, 0.4) is 0 Å². The average molecular weight is 382 g/mol. The van der Waals surface area contributed by atoms with E-state index in [0.717, 1.165) is 11.1 Å². The largest absolute Gasteiger partial charge is 0.481 e. The molecule has 0 saturated carbocycles. The van der Waals surface area contributed by atoms with Gasteiger partial charge in [0.2, 0.25) is 5.91 Å². The van der Waals surface area contributed by atoms with Crippen molar-refractivity contribution in [3.63, 3.8) is 0 Å². The molecule has 1 unspecified atom stereocenters. The van der Waals surface area contributed by atoms with Crippen molar-refractivity contribution in [2.75, 3.05) is 6.54 Å². The van der Waals surface area contributed by atoms with Crippen LogP contribution < -0.4 is 11.0 Å². The first-order valence-electron chi connectivity index (χ1n) is 9.03. The molecule has 0 spiro atoms. The fourth-order valence-corrected chi connectivity index (χ4v) is 3.02. The molecule has 2 N–H and O–H groups in total. The number of fused-ring (bicyclic) bond motifs is 1. The molecule has 3 rings (SSSR count). The lowest BCUT2D eigenvalue weighted by Crippen LogP contribution is -2.35. The normalized spacial score (nSPS) is 12.0. The minimum absolute atomic E-state index is 0.0299. The van der Waals surface area contributed by atoms with Crippen molar-refractivity contribution in [2.24, 2.45) is 5.92 Å². The lowest BCUT2D eigenvalue weighted by Gasteiger charge is -2.14. The fourth-order valence-electron chi connectivity index (χ4n) is 3.02. The molecule has 1 amide bonds. The fraction of sp³-hybridized carbons (Fsp3) is 0.300. The molecule has 28 heavy (non-hydrogen) atoms. The van der Waals surface area contributed by atoms with Crippen LogP contribution in [0.4, 0.5) is 0 Å². The summed E-state index contributed by atoms with van der Waals surface area (Å²) in [6.45, 7) is 2.10. The molecule has 0 saturated heterocycles. The van der Waals surface area contributed by atoms with E-state index in [4.69, 9.17) is 0 Å². The molecule has 0 fully saturated rings. The standard InChI is InChI=1S/C20H22N4O4/c1-14-5-4-6-15(11-14)12-16(19(26)27)13-21-18(25)8-10-24-20(28)23-9-3-2-7-17(23)22-24/h2-7,9,11,16H,8,10,12-13H2,1H3,(H,21,25)(H,26,27). The SMILES string of the molecule is Cc1cccc(CC(CNC(=O)CCn2nc3ccccn3c2=O)C(=O)O)c1. The number of benzene rings is 1. The Kier molecular flexibility index (Phi) is 5.88. The van der Waals surface area contributed by atoms with E-state index in [-0.39, 0.29) is 31.1 Å². The number of aliphatic carboxylic acids is 1. The van der Waals surface area contributed by atoms with Crippen LogP contribution in [-0.4, -0.2) is 37.7 Å². The van der Waals surface area contributed by atoms with Crippen LogP contribution in [0, 0.1) is 12.8 Å². The van der Waals surface area contributed by atoms with Crippen molar-refractivity contribution in [1.29, 1.82) is 0 Å². The zero-order valence-corrected chi connectivity index (χ0v) is 15.5. The maximum Gasteiger partial charge on any atom is 0.350 e. The molecule has 0 bridgehead atoms. The van der Waals surface area contributed by atoms with Crippen LogP contribution in [-0.2, 0) is 22.6 Å². The van der Waals surface area contributed by atoms with Gasteiger partial charge in [-0.15, -0.1) is 5.10 Å². The number of carboxylic acid groups (broad SMARTS) is 1. The number of carbonyl (C=O) groups excluding carboxylic acids is 1. The third-order valence-electron chi connectivity index (χ3n) is 4.50. The Labute approximate surface area is 161 Å². The second kappa shape index (κ2) is 8.51. The number of aryl methyl sites for hydroxylation is 2. The van der Waals surface area contributed by atoms with Gasteiger partial charge in [0.25, 0.3) is 0 Å². The van der Waals surface area contributed by atoms with E-state index in [0.29, 0.717) is 12.1 Å². The van der Waals surface area contributed by atoms with E-state index >= 15 is 0 Å². The number of pyridine rings is 1. The highest BCUT2D eigenvalue weighted by Gasteiger charge is 2.19. The molecule has 8 nitrogen and oxygen atoms in total. The first-order valence-corrected chi connectivity index (χ1v) is 9.03. The highest BCUT2D eigenvalue weighted by molar-refractivity contribution is 5.77. The predicted molar refractivity (Wildman–Crippen MR) is 103 cm³/mol. The summed E-state index contributed by atoms with van der Waals surface area (Å²) in [5.74, 6) is -2.00. The molecule has 0 aliphatic rings. The topological polar surface area (TPSA) is 106 Å². The van der Waals surface area contributed by atoms with E-state index in [9.17, 15) is 19.5 Å². The van der Waals surface area contributed by atoms with Gasteiger partial charge in [-0.05, 0) is 31.0 Å². The highest BCUT2D eigenvalue weighted by Crippen LogP contribution is 2.11. The highest BCUT2D eigenvalue weighted by atomic mass is 16.4. The number of hydrogen-bond donors (Lipinski definition) is 2. The molecule has 1 atom stereocenters. The van der Waals surface area contributed by atoms with Crippen LogP contribution in [0.2, 0.25) is 0 Å². The number of carbonyl (C=O) groups is 2. The van der Waals surface area contributed by atoms with Crippen molar-refractivity contribution in [1.82, 2.24) is 19.5 Å². The quantitative estimate of drug-likeness (QED) is 0.610. The first kappa shape index (κ1) is 19.3. The number of rotatable bonds is 8. The maximum absolute atomic E-state index is 12.2. The van der Waals surface area contributed by atoms with Crippen LogP contribution in [0.1, 0.15) is 17.5 Å². The molecule has 3 aromatic rings. The van der Waals surface area contributed by atoms with E-state index < -0.39 is 11.9 Å². The summed E-state index contributed by atoms with van der Waals surface area (Å²) in [7, 11) is 0. The number of aromatic nitrogens is 3. The lowest BCUT2D eigenvalue weighted by atomic mass is 9.98. The summed E-state index contributed by atoms with van der Waals surface area (Å²) in [6.07, 6.45) is 1.99. The summed E-state index contributed by atoms with van der Waals surface area (Å²) < 4.78 is 2.64. The molecule has 8 heteroatoms. The van der Waals surface area contributed by atoms with E-state index in [2.05, 4.69) is 10.4 Å². The molecule has 2 aromatic heterocycles. The van der Waals surface area contributed by atoms with E-state index in [1.807, 2.05) is 31.2 Å². The maximum atomic E-state index is 12.2. The van der Waals surface area contributed by atoms with E-state index in [1.54, 1.807) is 24.4 Å². The third kappa shape index (κ3) is 4.64. The average Bonchev–Trinajstić information content (AvgIpc) is 2.99. The Morgan fingerprint density at radius 2 is 2.04 bits per heavy atom. The van der Waals surface area contributed by atoms with Gasteiger partial charge in [0, 0.05) is 19.2 Å². The summed E-state index contributed by atoms with van der Waals surface area (Å²) in [5.41, 5.74) is 2.17. The van der Waals surface area contributed by atoms with Gasteiger partial charge in [-0.1, -0.05) is 35.9 Å². The van der Waals surface area contributed by atoms with Gasteiger partial charge in [0.15, 0.2) is 5.65 Å². The van der Waals surface area contributed by atoms with Gasteiger partial charge in [-0.2, -0.15) is 0 Å². The number of nitrogens with one attached hydrogen (secondary N) is 1. The molecule has 2 heterocycles. The summed E-state index contributed by atoms with van der Waals surface area (Å²) >= 11 is 0. The summed E-state index contributed by atoms with van der Waals surface area (Å²) in [6, 6.07) is 12.9. The molecule has 0 aliphatic carbocycles. The monoisotopic (exact) mass is 382 g/mol. The van der Waals surface area contributed by atoms with Crippen molar-refractivity contribution in [3.8, 4) is 0 Å². The number of amides is 1. The van der Waals surface area contributed by atoms with Crippen molar-refractivity contribution < 1.29 is 14.7 Å². The van der Waals surface area contributed by atoms with Gasteiger partial charge in [-0.3, -0.25) is 14.0 Å². The predicted octanol–water partition coefficient (Wildman–Crippen LogP) is 1.25. The Bertz CT molecular complexity index is 1050. The zero-order chi connectivity index (χ0) is 20.1. The minimum Gasteiger partial charge on any atom is -0.481 e. The number of nitrogens with zero attached hydrogens (tertiary/aromatic N) is 3. The Balaban J connectivity index is 1.55. The zero-order valence-electron chi connectivity index (χ0n) is 15.5. The van der Waals surface area contributed by atoms with Crippen LogP contribution in [0.25, 0.3) is 5.65 Å². The van der Waals surface area contributed by atoms with Crippen LogP contribution in [0.15, 0.2) is 53.5 Å². The molecule has 146 valence electrons. The van der Waals surface area contributed by atoms with Crippen molar-refractivity contribution >= 4 is 17.5 Å². The second-order valence-corrected chi connectivity index (χ2v) is 6.72. The Morgan fingerprint density at radius 1 is 1.21 bits per heavy atom. The first-order chi connectivity index (χ1) is 13.4. The van der Waals surface area contributed by atoms with Crippen LogP contribution >= 0.6 is 0 Å².